The average Bonchev–Trinajstić information content (AvgIpc) is 3.63. The van der Waals surface area contributed by atoms with Gasteiger partial charge in [-0.05, 0) is 54.8 Å². The molecule has 9 heteroatoms. The van der Waals surface area contributed by atoms with Gasteiger partial charge in [0.2, 0.25) is 24.5 Å². The van der Waals surface area contributed by atoms with Crippen molar-refractivity contribution in [3.8, 4) is 17.2 Å². The molecule has 4 atom stereocenters. The zero-order valence-electron chi connectivity index (χ0n) is 20.6. The third-order valence-corrected chi connectivity index (χ3v) is 8.13. The molecule has 3 N–H and O–H groups in total. The van der Waals surface area contributed by atoms with Gasteiger partial charge in [0.25, 0.3) is 0 Å². The number of imide groups is 1. The summed E-state index contributed by atoms with van der Waals surface area (Å²) in [6.45, 7) is 2.14. The minimum absolute atomic E-state index is 0.0750. The highest BCUT2D eigenvalue weighted by Crippen LogP contribution is 2.53. The van der Waals surface area contributed by atoms with Crippen LogP contribution in [0.5, 0.6) is 17.2 Å². The molecule has 4 heterocycles. The van der Waals surface area contributed by atoms with Crippen LogP contribution in [-0.4, -0.2) is 40.6 Å². The number of nitrogens with one attached hydrogen (secondary N) is 2. The maximum atomic E-state index is 14.1. The highest BCUT2D eigenvalue weighted by molar-refractivity contribution is 6.15. The number of ether oxygens (including phenoxy) is 2. The van der Waals surface area contributed by atoms with E-state index in [-0.39, 0.29) is 36.8 Å². The number of fused-ring (bicyclic) bond motifs is 5. The lowest BCUT2D eigenvalue weighted by molar-refractivity contribution is -0.143. The number of nitrogens with zero attached hydrogens (tertiary/aromatic N) is 1. The molecule has 2 saturated heterocycles. The van der Waals surface area contributed by atoms with Crippen molar-refractivity contribution in [2.45, 2.75) is 31.5 Å². The van der Waals surface area contributed by atoms with E-state index in [9.17, 15) is 19.5 Å². The van der Waals surface area contributed by atoms with Crippen LogP contribution in [0.2, 0.25) is 0 Å². The molecular weight excluding hydrogens is 486 g/mol. The molecule has 38 heavy (non-hydrogen) atoms. The summed E-state index contributed by atoms with van der Waals surface area (Å²) in [4.78, 5) is 43.0. The van der Waals surface area contributed by atoms with Gasteiger partial charge in [-0.2, -0.15) is 0 Å². The second-order valence-corrected chi connectivity index (χ2v) is 10.4. The van der Waals surface area contributed by atoms with Gasteiger partial charge in [0.1, 0.15) is 11.3 Å². The van der Waals surface area contributed by atoms with Gasteiger partial charge in [-0.3, -0.25) is 24.6 Å². The SMILES string of the molecule is Cc1ccc2c(c1)[C@@]1(N[C@@H](Cc3ccc(O)cc3)[C@H]3C(=O)N(Cc4ccc5c(c4)OCO5)C(=O)[C@H]31)C(=O)N2. The van der Waals surface area contributed by atoms with Crippen LogP contribution in [0, 0.1) is 18.8 Å². The fraction of sp³-hybridized carbons (Fsp3) is 0.276. The normalized spacial score (nSPS) is 26.7. The molecule has 0 bridgehead atoms. The molecule has 0 unspecified atom stereocenters. The quantitative estimate of drug-likeness (QED) is 0.461. The zero-order chi connectivity index (χ0) is 26.2. The standard InChI is InChI=1S/C29H25N3O6/c1-15-2-8-20-19(10-15)29(28(36)30-20)25-24(21(31-29)11-16-3-6-18(33)7-4-16)26(34)32(27(25)35)13-17-5-9-22-23(12-17)38-14-37-22/h2-10,12,21,24-25,31,33H,11,13-14H2,1H3,(H,30,36)/t21-,24+,25-,29-/m0/s1. The lowest BCUT2D eigenvalue weighted by Gasteiger charge is -2.29. The number of likely N-dealkylation sites (tertiary alicyclic amines) is 1. The van der Waals surface area contributed by atoms with Crippen molar-refractivity contribution in [1.29, 1.82) is 0 Å². The number of rotatable bonds is 4. The fourth-order valence-corrected chi connectivity index (χ4v) is 6.41. The minimum atomic E-state index is -1.36. The average molecular weight is 512 g/mol. The molecule has 3 amide bonds. The third-order valence-electron chi connectivity index (χ3n) is 8.13. The van der Waals surface area contributed by atoms with E-state index in [1.165, 1.54) is 4.90 Å². The van der Waals surface area contributed by atoms with E-state index in [1.807, 2.05) is 31.2 Å². The third kappa shape index (κ3) is 3.18. The summed E-state index contributed by atoms with van der Waals surface area (Å²) >= 11 is 0. The number of anilines is 1. The zero-order valence-corrected chi connectivity index (χ0v) is 20.6. The number of amides is 3. The van der Waals surface area contributed by atoms with Crippen LogP contribution < -0.4 is 20.1 Å². The molecule has 0 saturated carbocycles. The number of carbonyl (C=O) groups excluding carboxylic acids is 3. The van der Waals surface area contributed by atoms with E-state index in [0.717, 1.165) is 16.7 Å². The van der Waals surface area contributed by atoms with Gasteiger partial charge < -0.3 is 19.9 Å². The van der Waals surface area contributed by atoms with Crippen molar-refractivity contribution in [1.82, 2.24) is 10.2 Å². The van der Waals surface area contributed by atoms with E-state index in [2.05, 4.69) is 10.6 Å². The van der Waals surface area contributed by atoms with Gasteiger partial charge in [-0.25, -0.2) is 0 Å². The van der Waals surface area contributed by atoms with Crippen LogP contribution in [0.4, 0.5) is 5.69 Å². The van der Waals surface area contributed by atoms with Crippen molar-refractivity contribution in [3.05, 3.63) is 82.9 Å². The van der Waals surface area contributed by atoms with Gasteiger partial charge >= 0.3 is 0 Å². The molecule has 3 aromatic rings. The summed E-state index contributed by atoms with van der Waals surface area (Å²) < 4.78 is 10.9. The number of phenols is 1. The molecule has 1 spiro atoms. The number of benzene rings is 3. The van der Waals surface area contributed by atoms with Crippen molar-refractivity contribution in [3.63, 3.8) is 0 Å². The Morgan fingerprint density at radius 2 is 1.71 bits per heavy atom. The van der Waals surface area contributed by atoms with E-state index in [4.69, 9.17) is 9.47 Å². The predicted octanol–water partition coefficient (Wildman–Crippen LogP) is 2.59. The van der Waals surface area contributed by atoms with E-state index in [1.54, 1.807) is 36.4 Å². The summed E-state index contributed by atoms with van der Waals surface area (Å²) in [5.74, 6) is -1.29. The van der Waals surface area contributed by atoms with Crippen LogP contribution in [0.1, 0.15) is 22.3 Å². The summed E-state index contributed by atoms with van der Waals surface area (Å²) in [6.07, 6.45) is 0.411. The first-order valence-electron chi connectivity index (χ1n) is 12.6. The Bertz CT molecular complexity index is 1520. The van der Waals surface area contributed by atoms with Crippen molar-refractivity contribution < 1.29 is 29.0 Å². The Hall–Kier alpha value is -4.37. The number of phenolic OH excluding ortho intramolecular Hbond substituents is 1. The number of aryl methyl sites for hydroxylation is 1. The summed E-state index contributed by atoms with van der Waals surface area (Å²) in [5.41, 5.74) is 2.55. The molecule has 9 nitrogen and oxygen atoms in total. The van der Waals surface area contributed by atoms with Crippen molar-refractivity contribution in [2.24, 2.45) is 11.8 Å². The first-order valence-corrected chi connectivity index (χ1v) is 12.6. The predicted molar refractivity (Wildman–Crippen MR) is 135 cm³/mol. The molecule has 0 aromatic heterocycles. The number of aromatic hydroxyl groups is 1. The largest absolute Gasteiger partial charge is 0.508 e. The molecule has 0 aliphatic carbocycles. The highest BCUT2D eigenvalue weighted by Gasteiger charge is 2.70. The summed E-state index contributed by atoms with van der Waals surface area (Å²) in [5, 5.41) is 16.1. The molecule has 4 aliphatic rings. The lowest BCUT2D eigenvalue weighted by atomic mass is 9.76. The molecular formula is C29H25N3O6. The Morgan fingerprint density at radius 1 is 0.947 bits per heavy atom. The topological polar surface area (TPSA) is 117 Å². The molecule has 192 valence electrons. The van der Waals surface area contributed by atoms with E-state index >= 15 is 0 Å². The van der Waals surface area contributed by atoms with Crippen LogP contribution in [0.3, 0.4) is 0 Å². The highest BCUT2D eigenvalue weighted by atomic mass is 16.7. The summed E-state index contributed by atoms with van der Waals surface area (Å²) in [6, 6.07) is 17.3. The lowest BCUT2D eigenvalue weighted by Crippen LogP contribution is -2.53. The van der Waals surface area contributed by atoms with Crippen LogP contribution in [0.25, 0.3) is 0 Å². The monoisotopic (exact) mass is 511 g/mol. The van der Waals surface area contributed by atoms with Crippen molar-refractivity contribution in [2.75, 3.05) is 12.1 Å². The van der Waals surface area contributed by atoms with E-state index in [0.29, 0.717) is 29.2 Å². The first-order chi connectivity index (χ1) is 18.3. The van der Waals surface area contributed by atoms with Gasteiger partial charge in [-0.15, -0.1) is 0 Å². The Kier molecular flexibility index (Phi) is 4.84. The van der Waals surface area contributed by atoms with Gasteiger partial charge in [0.15, 0.2) is 11.5 Å². The van der Waals surface area contributed by atoms with Gasteiger partial charge in [0.05, 0.1) is 18.4 Å². The molecule has 3 aromatic carbocycles. The Balaban J connectivity index is 1.30. The number of hydrogen-bond acceptors (Lipinski definition) is 7. The maximum Gasteiger partial charge on any atom is 0.250 e. The fourth-order valence-electron chi connectivity index (χ4n) is 6.41. The number of hydrogen-bond donors (Lipinski definition) is 3. The second kappa shape index (κ2) is 8.06. The molecule has 4 aliphatic heterocycles. The molecule has 0 radical (unpaired) electrons. The second-order valence-electron chi connectivity index (χ2n) is 10.4. The maximum absolute atomic E-state index is 14.1. The Labute approximate surface area is 218 Å². The Morgan fingerprint density at radius 3 is 2.53 bits per heavy atom. The summed E-state index contributed by atoms with van der Waals surface area (Å²) in [7, 11) is 0. The van der Waals surface area contributed by atoms with Crippen molar-refractivity contribution >= 4 is 23.4 Å². The first kappa shape index (κ1) is 22.8. The van der Waals surface area contributed by atoms with Gasteiger partial charge in [0, 0.05) is 17.3 Å². The van der Waals surface area contributed by atoms with E-state index < -0.39 is 23.4 Å². The smallest absolute Gasteiger partial charge is 0.250 e. The van der Waals surface area contributed by atoms with Crippen LogP contribution >= 0.6 is 0 Å². The molecule has 2 fully saturated rings. The molecule has 7 rings (SSSR count). The van der Waals surface area contributed by atoms with Crippen LogP contribution in [0.15, 0.2) is 60.7 Å². The number of carbonyl (C=O) groups is 3. The van der Waals surface area contributed by atoms with Gasteiger partial charge in [-0.1, -0.05) is 35.9 Å². The minimum Gasteiger partial charge on any atom is -0.508 e. The van der Waals surface area contributed by atoms with Crippen LogP contribution in [-0.2, 0) is 32.9 Å².